The molecule has 0 spiro atoms. The third kappa shape index (κ3) is 3.80. The Labute approximate surface area is 123 Å². The smallest absolute Gasteiger partial charge is 0.242 e. The summed E-state index contributed by atoms with van der Waals surface area (Å²) in [4.78, 5) is -0.107. The van der Waals surface area contributed by atoms with E-state index in [0.717, 1.165) is 17.7 Å². The van der Waals surface area contributed by atoms with Gasteiger partial charge < -0.3 is 5.73 Å². The second kappa shape index (κ2) is 6.24. The summed E-state index contributed by atoms with van der Waals surface area (Å²) in [6.07, 6.45) is 0. The van der Waals surface area contributed by atoms with Crippen LogP contribution in [0.3, 0.4) is 0 Å². The molecule has 0 aliphatic carbocycles. The van der Waals surface area contributed by atoms with Gasteiger partial charge >= 0.3 is 0 Å². The molecule has 2 rings (SSSR count). The molecule has 0 aliphatic rings. The molecule has 0 aromatic heterocycles. The third-order valence-corrected chi connectivity index (χ3v) is 4.71. The van der Waals surface area contributed by atoms with Crippen molar-refractivity contribution in [2.45, 2.75) is 17.7 Å². The molecule has 0 bridgehead atoms. The molecule has 0 heterocycles. The maximum absolute atomic E-state index is 13.0. The van der Waals surface area contributed by atoms with E-state index in [2.05, 4.69) is 4.72 Å². The van der Waals surface area contributed by atoms with Crippen LogP contribution in [0.4, 0.5) is 10.1 Å². The third-order valence-electron chi connectivity index (χ3n) is 3.21. The molecule has 0 saturated carbocycles. The van der Waals surface area contributed by atoms with Crippen LogP contribution >= 0.6 is 0 Å². The minimum absolute atomic E-state index is 0.0163. The highest BCUT2D eigenvalue weighted by molar-refractivity contribution is 7.89. The summed E-state index contributed by atoms with van der Waals surface area (Å²) in [6, 6.07) is 12.8. The molecule has 2 aromatic carbocycles. The van der Waals surface area contributed by atoms with E-state index in [-0.39, 0.29) is 23.0 Å². The zero-order valence-electron chi connectivity index (χ0n) is 11.6. The van der Waals surface area contributed by atoms with E-state index in [1.165, 1.54) is 6.07 Å². The molecule has 4 nitrogen and oxygen atoms in total. The fourth-order valence-corrected chi connectivity index (χ4v) is 3.22. The van der Waals surface area contributed by atoms with Crippen molar-refractivity contribution in [3.8, 4) is 0 Å². The molecule has 112 valence electrons. The first-order valence-electron chi connectivity index (χ1n) is 6.50. The minimum atomic E-state index is -3.75. The summed E-state index contributed by atoms with van der Waals surface area (Å²) in [6.45, 7) is 2.16. The number of rotatable bonds is 5. The molecule has 6 heteroatoms. The number of benzene rings is 2. The van der Waals surface area contributed by atoms with Crippen LogP contribution in [0.25, 0.3) is 0 Å². The van der Waals surface area contributed by atoms with Gasteiger partial charge in [0.05, 0.1) is 5.69 Å². The highest BCUT2D eigenvalue weighted by Crippen LogP contribution is 2.20. The monoisotopic (exact) mass is 308 g/mol. The molecule has 2 aromatic rings. The van der Waals surface area contributed by atoms with E-state index in [4.69, 9.17) is 5.73 Å². The average Bonchev–Trinajstić information content (AvgIpc) is 2.45. The van der Waals surface area contributed by atoms with Crippen molar-refractivity contribution in [1.82, 2.24) is 4.72 Å². The lowest BCUT2D eigenvalue weighted by atomic mass is 10.0. The fourth-order valence-electron chi connectivity index (χ4n) is 1.98. The fraction of sp³-hybridized carbons (Fsp3) is 0.200. The second-order valence-corrected chi connectivity index (χ2v) is 6.58. The van der Waals surface area contributed by atoms with Crippen LogP contribution in [0.15, 0.2) is 53.4 Å². The largest absolute Gasteiger partial charge is 0.398 e. The molecule has 0 fully saturated rings. The first-order chi connectivity index (χ1) is 9.90. The van der Waals surface area contributed by atoms with E-state index in [9.17, 15) is 12.8 Å². The molecule has 1 unspecified atom stereocenters. The summed E-state index contributed by atoms with van der Waals surface area (Å²) in [7, 11) is -3.75. The van der Waals surface area contributed by atoms with Gasteiger partial charge in [0.1, 0.15) is 10.7 Å². The standard InChI is InChI=1S/C15H17FN2O2S/c1-11(12-5-3-2-4-6-12)10-18-21(19,20)15-8-7-13(16)9-14(15)17/h2-9,11,18H,10,17H2,1H3. The van der Waals surface area contributed by atoms with E-state index in [1.54, 1.807) is 0 Å². The summed E-state index contributed by atoms with van der Waals surface area (Å²) in [5.41, 5.74) is 6.50. The lowest BCUT2D eigenvalue weighted by Gasteiger charge is -2.14. The van der Waals surface area contributed by atoms with Gasteiger partial charge in [-0.2, -0.15) is 0 Å². The minimum Gasteiger partial charge on any atom is -0.398 e. The summed E-state index contributed by atoms with van der Waals surface area (Å²) < 4.78 is 39.9. The Balaban J connectivity index is 2.11. The van der Waals surface area contributed by atoms with Crippen molar-refractivity contribution in [3.05, 3.63) is 59.9 Å². The Kier molecular flexibility index (Phi) is 4.59. The molecule has 0 amide bonds. The van der Waals surface area contributed by atoms with Crippen LogP contribution in [-0.4, -0.2) is 15.0 Å². The second-order valence-electron chi connectivity index (χ2n) is 4.85. The van der Waals surface area contributed by atoms with E-state index in [0.29, 0.717) is 0 Å². The van der Waals surface area contributed by atoms with Crippen molar-refractivity contribution in [3.63, 3.8) is 0 Å². The molecule has 21 heavy (non-hydrogen) atoms. The van der Waals surface area contributed by atoms with Crippen molar-refractivity contribution in [1.29, 1.82) is 0 Å². The van der Waals surface area contributed by atoms with Gasteiger partial charge in [-0.3, -0.25) is 0 Å². The highest BCUT2D eigenvalue weighted by atomic mass is 32.2. The predicted molar refractivity (Wildman–Crippen MR) is 80.9 cm³/mol. The summed E-state index contributed by atoms with van der Waals surface area (Å²) in [5.74, 6) is -0.549. The number of hydrogen-bond donors (Lipinski definition) is 2. The molecule has 1 atom stereocenters. The number of nitrogens with two attached hydrogens (primary N) is 1. The van der Waals surface area contributed by atoms with Crippen LogP contribution < -0.4 is 10.5 Å². The molecule has 0 saturated heterocycles. The quantitative estimate of drug-likeness (QED) is 0.834. The van der Waals surface area contributed by atoms with Crippen LogP contribution in [0.2, 0.25) is 0 Å². The number of halogens is 1. The maximum atomic E-state index is 13.0. The van der Waals surface area contributed by atoms with Crippen LogP contribution in [0.5, 0.6) is 0 Å². The van der Waals surface area contributed by atoms with Gasteiger partial charge in [-0.25, -0.2) is 17.5 Å². The van der Waals surface area contributed by atoms with Crippen LogP contribution in [0.1, 0.15) is 18.4 Å². The average molecular weight is 308 g/mol. The van der Waals surface area contributed by atoms with Crippen molar-refractivity contribution in [2.24, 2.45) is 0 Å². The number of nitrogen functional groups attached to an aromatic ring is 1. The lowest BCUT2D eigenvalue weighted by Crippen LogP contribution is -2.28. The Morgan fingerprint density at radius 3 is 2.48 bits per heavy atom. The number of nitrogens with one attached hydrogen (secondary N) is 1. The SMILES string of the molecule is CC(CNS(=O)(=O)c1ccc(F)cc1N)c1ccccc1. The van der Waals surface area contributed by atoms with Crippen molar-refractivity contribution < 1.29 is 12.8 Å². The van der Waals surface area contributed by atoms with Crippen LogP contribution in [0, 0.1) is 5.82 Å². The number of hydrogen-bond acceptors (Lipinski definition) is 3. The molecule has 0 aliphatic heterocycles. The Morgan fingerprint density at radius 2 is 1.86 bits per heavy atom. The first-order valence-corrected chi connectivity index (χ1v) is 7.98. The zero-order valence-corrected chi connectivity index (χ0v) is 12.4. The lowest BCUT2D eigenvalue weighted by molar-refractivity contribution is 0.574. The first kappa shape index (κ1) is 15.5. The topological polar surface area (TPSA) is 72.2 Å². The van der Waals surface area contributed by atoms with Crippen molar-refractivity contribution >= 4 is 15.7 Å². The number of anilines is 1. The van der Waals surface area contributed by atoms with Gasteiger partial charge in [-0.05, 0) is 29.7 Å². The van der Waals surface area contributed by atoms with E-state index >= 15 is 0 Å². The molecule has 0 radical (unpaired) electrons. The normalized spacial score (nSPS) is 13.0. The van der Waals surface area contributed by atoms with Crippen molar-refractivity contribution in [2.75, 3.05) is 12.3 Å². The van der Waals surface area contributed by atoms with Gasteiger partial charge in [0, 0.05) is 6.54 Å². The highest BCUT2D eigenvalue weighted by Gasteiger charge is 2.18. The van der Waals surface area contributed by atoms with Gasteiger partial charge in [-0.15, -0.1) is 0 Å². The Bertz CT molecular complexity index is 718. The van der Waals surface area contributed by atoms with E-state index in [1.807, 2.05) is 37.3 Å². The Hall–Kier alpha value is -1.92. The van der Waals surface area contributed by atoms with Gasteiger partial charge in [0.15, 0.2) is 0 Å². The Morgan fingerprint density at radius 1 is 1.19 bits per heavy atom. The molecular formula is C15H17FN2O2S. The van der Waals surface area contributed by atoms with Crippen LogP contribution in [-0.2, 0) is 10.0 Å². The van der Waals surface area contributed by atoms with Gasteiger partial charge in [0.25, 0.3) is 0 Å². The van der Waals surface area contributed by atoms with Gasteiger partial charge in [0.2, 0.25) is 10.0 Å². The summed E-state index contributed by atoms with van der Waals surface area (Å²) in [5, 5.41) is 0. The maximum Gasteiger partial charge on any atom is 0.242 e. The molecular weight excluding hydrogens is 291 g/mol. The summed E-state index contributed by atoms with van der Waals surface area (Å²) >= 11 is 0. The van der Waals surface area contributed by atoms with E-state index < -0.39 is 15.8 Å². The van der Waals surface area contributed by atoms with Gasteiger partial charge in [-0.1, -0.05) is 37.3 Å². The zero-order chi connectivity index (χ0) is 15.5. The number of sulfonamides is 1. The molecule has 3 N–H and O–H groups in total. The predicted octanol–water partition coefficient (Wildman–Crippen LogP) is 2.49.